The number of halogens is 3. The van der Waals surface area contributed by atoms with Crippen molar-refractivity contribution in [2.24, 2.45) is 0 Å². The molecule has 0 aliphatic rings. The Morgan fingerprint density at radius 1 is 1.48 bits per heavy atom. The highest BCUT2D eigenvalue weighted by atomic mass is 79.9. The molecule has 4 nitrogen and oxygen atoms in total. The lowest BCUT2D eigenvalue weighted by Gasteiger charge is -2.15. The number of benzene rings is 1. The first-order chi connectivity index (χ1) is 9.97. The van der Waals surface area contributed by atoms with E-state index in [1.54, 1.807) is 18.2 Å². The molecule has 1 aromatic carbocycles. The van der Waals surface area contributed by atoms with Crippen LogP contribution >= 0.6 is 27.5 Å². The molecule has 1 amide bonds. The highest BCUT2D eigenvalue weighted by molar-refractivity contribution is 9.10. The number of ether oxygens (including phenoxy) is 1. The predicted molar refractivity (Wildman–Crippen MR) is 82.1 cm³/mol. The molecule has 0 unspecified atom stereocenters. The zero-order valence-electron chi connectivity index (χ0n) is 10.9. The molecule has 0 aliphatic heterocycles. The normalized spacial score (nSPS) is 11.8. The van der Waals surface area contributed by atoms with E-state index in [4.69, 9.17) is 16.3 Å². The number of carbonyl (C=O) groups is 1. The van der Waals surface area contributed by atoms with Gasteiger partial charge in [0.05, 0.1) is 5.69 Å². The Hall–Kier alpha value is -1.66. The zero-order valence-corrected chi connectivity index (χ0v) is 13.3. The topological polar surface area (TPSA) is 51.2 Å². The zero-order chi connectivity index (χ0) is 15.4. The van der Waals surface area contributed by atoms with Crippen molar-refractivity contribution in [2.75, 3.05) is 5.32 Å². The van der Waals surface area contributed by atoms with Gasteiger partial charge < -0.3 is 10.1 Å². The molecular weight excluding hydrogens is 363 g/mol. The third kappa shape index (κ3) is 4.15. The second kappa shape index (κ2) is 6.87. The summed E-state index contributed by atoms with van der Waals surface area (Å²) < 4.78 is 19.5. The fourth-order valence-corrected chi connectivity index (χ4v) is 2.03. The second-order valence-electron chi connectivity index (χ2n) is 4.17. The third-order valence-electron chi connectivity index (χ3n) is 2.58. The molecule has 1 N–H and O–H groups in total. The summed E-state index contributed by atoms with van der Waals surface area (Å²) in [4.78, 5) is 15.8. The van der Waals surface area contributed by atoms with Gasteiger partial charge in [-0.2, -0.15) is 0 Å². The van der Waals surface area contributed by atoms with Crippen molar-refractivity contribution in [3.8, 4) is 5.75 Å². The number of nitrogens with one attached hydrogen (secondary N) is 1. The molecule has 0 aliphatic carbocycles. The van der Waals surface area contributed by atoms with Gasteiger partial charge in [0.25, 0.3) is 5.91 Å². The van der Waals surface area contributed by atoms with Gasteiger partial charge >= 0.3 is 0 Å². The minimum absolute atomic E-state index is 0.00173. The summed E-state index contributed by atoms with van der Waals surface area (Å²) in [6.45, 7) is 1.51. The van der Waals surface area contributed by atoms with E-state index in [0.29, 0.717) is 10.2 Å². The fraction of sp³-hybridized carbons (Fsp3) is 0.143. The Bertz CT molecular complexity index is 669. The van der Waals surface area contributed by atoms with E-state index in [0.717, 1.165) is 0 Å². The van der Waals surface area contributed by atoms with Crippen LogP contribution in [0.2, 0.25) is 5.15 Å². The number of rotatable bonds is 4. The van der Waals surface area contributed by atoms with Gasteiger partial charge in [0.2, 0.25) is 0 Å². The molecule has 1 atom stereocenters. The lowest BCUT2D eigenvalue weighted by atomic mass is 10.3. The molecule has 0 radical (unpaired) electrons. The monoisotopic (exact) mass is 372 g/mol. The lowest BCUT2D eigenvalue weighted by Crippen LogP contribution is -2.30. The maximum atomic E-state index is 13.6. The number of amides is 1. The van der Waals surface area contributed by atoms with Gasteiger partial charge in [-0.25, -0.2) is 9.37 Å². The summed E-state index contributed by atoms with van der Waals surface area (Å²) in [5.74, 6) is -1.01. The van der Waals surface area contributed by atoms with E-state index in [1.807, 2.05) is 0 Å². The van der Waals surface area contributed by atoms with Crippen molar-refractivity contribution < 1.29 is 13.9 Å². The van der Waals surface area contributed by atoms with E-state index in [9.17, 15) is 9.18 Å². The van der Waals surface area contributed by atoms with Crippen molar-refractivity contribution in [2.45, 2.75) is 13.0 Å². The quantitative estimate of drug-likeness (QED) is 0.823. The Kier molecular flexibility index (Phi) is 5.14. The van der Waals surface area contributed by atoms with Crippen LogP contribution in [0.4, 0.5) is 10.1 Å². The summed E-state index contributed by atoms with van der Waals surface area (Å²) in [6, 6.07) is 7.58. The van der Waals surface area contributed by atoms with Gasteiger partial charge in [-0.05, 0) is 37.3 Å². The summed E-state index contributed by atoms with van der Waals surface area (Å²) in [7, 11) is 0. The SMILES string of the molecule is C[C@H](Oc1ccc(Br)cc1F)C(=O)Nc1cccnc1Cl. The maximum absolute atomic E-state index is 13.6. The van der Waals surface area contributed by atoms with Gasteiger partial charge in [-0.1, -0.05) is 27.5 Å². The molecule has 7 heteroatoms. The maximum Gasteiger partial charge on any atom is 0.265 e. The van der Waals surface area contributed by atoms with Gasteiger partial charge in [-0.3, -0.25) is 4.79 Å². The number of carbonyl (C=O) groups excluding carboxylic acids is 1. The molecular formula is C14H11BrClFN2O2. The van der Waals surface area contributed by atoms with Crippen LogP contribution in [0, 0.1) is 5.82 Å². The molecule has 1 heterocycles. The molecule has 0 saturated heterocycles. The summed E-state index contributed by atoms with van der Waals surface area (Å²) in [6.07, 6.45) is 0.617. The van der Waals surface area contributed by atoms with E-state index in [-0.39, 0.29) is 10.9 Å². The molecule has 0 spiro atoms. The first kappa shape index (κ1) is 15.7. The van der Waals surface area contributed by atoms with Crippen molar-refractivity contribution in [3.05, 3.63) is 52.0 Å². The van der Waals surface area contributed by atoms with Crippen molar-refractivity contribution in [1.29, 1.82) is 0 Å². The minimum Gasteiger partial charge on any atom is -0.478 e. The van der Waals surface area contributed by atoms with E-state index in [2.05, 4.69) is 26.2 Å². The first-order valence-electron chi connectivity index (χ1n) is 6.00. The van der Waals surface area contributed by atoms with Gasteiger partial charge in [-0.15, -0.1) is 0 Å². The van der Waals surface area contributed by atoms with Crippen LogP contribution in [0.3, 0.4) is 0 Å². The summed E-state index contributed by atoms with van der Waals surface area (Å²) in [5, 5.41) is 2.74. The average Bonchev–Trinajstić information content (AvgIpc) is 2.44. The van der Waals surface area contributed by atoms with Crippen LogP contribution in [0.5, 0.6) is 5.75 Å². The number of pyridine rings is 1. The first-order valence-corrected chi connectivity index (χ1v) is 7.17. The molecule has 1 aromatic heterocycles. The van der Waals surface area contributed by atoms with Gasteiger partial charge in [0, 0.05) is 10.7 Å². The molecule has 0 saturated carbocycles. The predicted octanol–water partition coefficient (Wildman–Crippen LogP) is 4.04. The minimum atomic E-state index is -0.892. The summed E-state index contributed by atoms with van der Waals surface area (Å²) in [5.41, 5.74) is 0.371. The Balaban J connectivity index is 2.04. The fourth-order valence-electron chi connectivity index (χ4n) is 1.53. The van der Waals surface area contributed by atoms with Crippen molar-refractivity contribution in [3.63, 3.8) is 0 Å². The number of aromatic nitrogens is 1. The van der Waals surface area contributed by atoms with Crippen LogP contribution in [0.15, 0.2) is 41.0 Å². The van der Waals surface area contributed by atoms with Gasteiger partial charge in [0.1, 0.15) is 0 Å². The highest BCUT2D eigenvalue weighted by Crippen LogP contribution is 2.23. The molecule has 2 aromatic rings. The second-order valence-corrected chi connectivity index (χ2v) is 5.44. The number of anilines is 1. The molecule has 0 bridgehead atoms. The Labute approximate surface area is 134 Å². The van der Waals surface area contributed by atoms with E-state index < -0.39 is 17.8 Å². The number of hydrogen-bond donors (Lipinski definition) is 1. The molecule has 0 fully saturated rings. The van der Waals surface area contributed by atoms with Gasteiger partial charge in [0.15, 0.2) is 22.8 Å². The largest absolute Gasteiger partial charge is 0.478 e. The summed E-state index contributed by atoms with van der Waals surface area (Å²) >= 11 is 8.99. The van der Waals surface area contributed by atoms with Crippen LogP contribution < -0.4 is 10.1 Å². The van der Waals surface area contributed by atoms with E-state index in [1.165, 1.54) is 25.3 Å². The smallest absolute Gasteiger partial charge is 0.265 e. The van der Waals surface area contributed by atoms with Crippen molar-refractivity contribution >= 4 is 39.1 Å². The highest BCUT2D eigenvalue weighted by Gasteiger charge is 2.18. The molecule has 21 heavy (non-hydrogen) atoms. The number of hydrogen-bond acceptors (Lipinski definition) is 3. The Morgan fingerprint density at radius 2 is 2.24 bits per heavy atom. The lowest BCUT2D eigenvalue weighted by molar-refractivity contribution is -0.122. The van der Waals surface area contributed by atoms with Crippen LogP contribution in [-0.4, -0.2) is 17.0 Å². The van der Waals surface area contributed by atoms with Crippen molar-refractivity contribution in [1.82, 2.24) is 4.98 Å². The average molecular weight is 374 g/mol. The molecule has 110 valence electrons. The van der Waals surface area contributed by atoms with E-state index >= 15 is 0 Å². The standard InChI is InChI=1S/C14H11BrClFN2O2/c1-8(21-12-5-4-9(15)7-10(12)17)14(20)19-11-3-2-6-18-13(11)16/h2-8H,1H3,(H,19,20)/t8-/m0/s1. The third-order valence-corrected chi connectivity index (χ3v) is 3.38. The van der Waals surface area contributed by atoms with Crippen LogP contribution in [0.1, 0.15) is 6.92 Å². The number of nitrogens with zero attached hydrogens (tertiary/aromatic N) is 1. The van der Waals surface area contributed by atoms with Crippen LogP contribution in [-0.2, 0) is 4.79 Å². The Morgan fingerprint density at radius 3 is 2.90 bits per heavy atom. The van der Waals surface area contributed by atoms with Crippen LogP contribution in [0.25, 0.3) is 0 Å². The molecule has 2 rings (SSSR count).